The molecule has 10 heteroatoms. The number of amides is 2. The van der Waals surface area contributed by atoms with Gasteiger partial charge in [-0.2, -0.15) is 4.37 Å². The van der Waals surface area contributed by atoms with Crippen LogP contribution < -0.4 is 16.6 Å². The molecule has 0 radical (unpaired) electrons. The minimum atomic E-state index is -0.761. The molecule has 0 spiro atoms. The van der Waals surface area contributed by atoms with E-state index < -0.39 is 17.4 Å². The van der Waals surface area contributed by atoms with Crippen molar-refractivity contribution >= 4 is 50.9 Å². The Morgan fingerprint density at radius 1 is 1.40 bits per heavy atom. The number of benzene rings is 1. The van der Waals surface area contributed by atoms with Crippen molar-refractivity contribution in [1.29, 1.82) is 0 Å². The van der Waals surface area contributed by atoms with Crippen LogP contribution in [0.4, 0.5) is 5.69 Å². The summed E-state index contributed by atoms with van der Waals surface area (Å²) in [5.41, 5.74) is 6.21. The summed E-state index contributed by atoms with van der Waals surface area (Å²) in [4.78, 5) is 39.8. The first-order chi connectivity index (χ1) is 11.9. The molecule has 25 heavy (non-hydrogen) atoms. The maximum absolute atomic E-state index is 12.4. The van der Waals surface area contributed by atoms with Gasteiger partial charge in [0.1, 0.15) is 16.8 Å². The molecule has 8 nitrogen and oxygen atoms in total. The molecule has 2 heterocycles. The Kier molecular flexibility index (Phi) is 4.51. The molecule has 0 unspecified atom stereocenters. The Balaban J connectivity index is 1.85. The van der Waals surface area contributed by atoms with Crippen LogP contribution >= 0.6 is 23.1 Å². The largest absolute Gasteiger partial charge is 0.364 e. The molecule has 0 saturated carbocycles. The zero-order chi connectivity index (χ0) is 18.1. The van der Waals surface area contributed by atoms with Crippen molar-refractivity contribution < 1.29 is 9.59 Å². The maximum Gasteiger partial charge on any atom is 0.273 e. The lowest BCUT2D eigenvalue weighted by molar-refractivity contribution is -0.116. The Morgan fingerprint density at radius 3 is 2.84 bits per heavy atom. The molecule has 3 N–H and O–H groups in total. The minimum Gasteiger partial charge on any atom is -0.364 e. The van der Waals surface area contributed by atoms with E-state index >= 15 is 0 Å². The van der Waals surface area contributed by atoms with E-state index in [-0.39, 0.29) is 22.5 Å². The molecule has 0 aliphatic rings. The van der Waals surface area contributed by atoms with Gasteiger partial charge in [0, 0.05) is 0 Å². The maximum atomic E-state index is 12.4. The van der Waals surface area contributed by atoms with E-state index in [0.717, 1.165) is 21.7 Å². The number of nitrogens with zero attached hydrogens (tertiary/aromatic N) is 3. The highest BCUT2D eigenvalue weighted by atomic mass is 35.5. The first kappa shape index (κ1) is 17.1. The van der Waals surface area contributed by atoms with Gasteiger partial charge in [0.15, 0.2) is 5.69 Å². The van der Waals surface area contributed by atoms with E-state index in [9.17, 15) is 14.4 Å². The van der Waals surface area contributed by atoms with Crippen LogP contribution in [0.5, 0.6) is 0 Å². The number of carbonyl (C=O) groups excluding carboxylic acids is 2. The van der Waals surface area contributed by atoms with Gasteiger partial charge >= 0.3 is 0 Å². The number of carbonyl (C=O) groups is 2. The minimum absolute atomic E-state index is 0.0554. The van der Waals surface area contributed by atoms with Crippen molar-refractivity contribution in [2.75, 3.05) is 5.32 Å². The number of hydrogen-bond acceptors (Lipinski definition) is 6. The van der Waals surface area contributed by atoms with Gasteiger partial charge in [0.05, 0.1) is 17.0 Å². The number of aromatic nitrogens is 3. The summed E-state index contributed by atoms with van der Waals surface area (Å²) in [6.07, 6.45) is 1.18. The average Bonchev–Trinajstić information content (AvgIpc) is 2.98. The highest BCUT2D eigenvalue weighted by molar-refractivity contribution is 7.13. The van der Waals surface area contributed by atoms with Gasteiger partial charge in [-0.05, 0) is 36.2 Å². The monoisotopic (exact) mass is 377 g/mol. The molecule has 3 aromatic rings. The van der Waals surface area contributed by atoms with Gasteiger partial charge in [-0.3, -0.25) is 19.0 Å². The van der Waals surface area contributed by atoms with E-state index in [1.54, 1.807) is 12.1 Å². The van der Waals surface area contributed by atoms with E-state index in [0.29, 0.717) is 10.7 Å². The number of aryl methyl sites for hydroxylation is 1. The fraction of sp³-hybridized carbons (Fsp3) is 0.133. The van der Waals surface area contributed by atoms with Gasteiger partial charge in [-0.15, -0.1) is 0 Å². The number of primary amides is 1. The topological polar surface area (TPSA) is 120 Å². The molecule has 0 saturated heterocycles. The number of nitrogens with two attached hydrogens (primary N) is 1. The molecule has 0 atom stereocenters. The molecule has 3 rings (SSSR count). The van der Waals surface area contributed by atoms with Crippen LogP contribution in [0.15, 0.2) is 29.3 Å². The molecular weight excluding hydrogens is 366 g/mol. The number of anilines is 1. The molecular formula is C15H12ClN5O3S. The molecule has 2 amide bonds. The predicted octanol–water partition coefficient (Wildman–Crippen LogP) is 1.55. The van der Waals surface area contributed by atoms with Crippen molar-refractivity contribution in [3.63, 3.8) is 0 Å². The summed E-state index contributed by atoms with van der Waals surface area (Å²) >= 11 is 6.89. The van der Waals surface area contributed by atoms with Gasteiger partial charge in [0.25, 0.3) is 11.5 Å². The van der Waals surface area contributed by atoms with Crippen LogP contribution in [0.1, 0.15) is 16.1 Å². The first-order valence-electron chi connectivity index (χ1n) is 7.07. The van der Waals surface area contributed by atoms with Crippen molar-refractivity contribution in [2.45, 2.75) is 13.5 Å². The van der Waals surface area contributed by atoms with E-state index in [1.807, 2.05) is 13.0 Å². The fourth-order valence-electron chi connectivity index (χ4n) is 2.20. The van der Waals surface area contributed by atoms with Crippen LogP contribution in [0.25, 0.3) is 10.2 Å². The standard InChI is InChI=1S/C15H12ClN5O3S/c1-7-2-3-9(8(16)4-7)19-10(22)5-21-6-18-11-12(14(17)23)20-25-13(11)15(21)24/h2-4,6H,5H2,1H3,(H2,17,23)(H,19,22). The van der Waals surface area contributed by atoms with Crippen molar-refractivity contribution in [3.05, 3.63) is 51.2 Å². The lowest BCUT2D eigenvalue weighted by atomic mass is 10.2. The van der Waals surface area contributed by atoms with Crippen LogP contribution in [-0.2, 0) is 11.3 Å². The zero-order valence-electron chi connectivity index (χ0n) is 12.9. The highest BCUT2D eigenvalue weighted by Gasteiger charge is 2.17. The number of rotatable bonds is 4. The second-order valence-corrected chi connectivity index (χ2v) is 6.46. The molecule has 0 aliphatic heterocycles. The number of fused-ring (bicyclic) bond motifs is 1. The summed E-state index contributed by atoms with van der Waals surface area (Å²) < 4.78 is 5.13. The van der Waals surface area contributed by atoms with Crippen LogP contribution in [-0.4, -0.2) is 25.7 Å². The average molecular weight is 378 g/mol. The van der Waals surface area contributed by atoms with Crippen LogP contribution in [0, 0.1) is 6.92 Å². The predicted molar refractivity (Wildman–Crippen MR) is 95.0 cm³/mol. The zero-order valence-corrected chi connectivity index (χ0v) is 14.5. The fourth-order valence-corrected chi connectivity index (χ4v) is 3.27. The SMILES string of the molecule is Cc1ccc(NC(=O)Cn2cnc3c(C(N)=O)nsc3c2=O)c(Cl)c1. The van der Waals surface area contributed by atoms with E-state index in [1.165, 1.54) is 6.33 Å². The van der Waals surface area contributed by atoms with Gasteiger partial charge in [-0.25, -0.2) is 4.98 Å². The third kappa shape index (κ3) is 3.37. The van der Waals surface area contributed by atoms with Crippen molar-refractivity contribution in [3.8, 4) is 0 Å². The highest BCUT2D eigenvalue weighted by Crippen LogP contribution is 2.22. The Labute approximate surface area is 150 Å². The third-order valence-corrected chi connectivity index (χ3v) is 4.53. The second kappa shape index (κ2) is 6.61. The van der Waals surface area contributed by atoms with E-state index in [4.69, 9.17) is 17.3 Å². The quantitative estimate of drug-likeness (QED) is 0.714. The summed E-state index contributed by atoms with van der Waals surface area (Å²) in [5.74, 6) is -1.20. The molecule has 0 bridgehead atoms. The Hall–Kier alpha value is -2.78. The first-order valence-corrected chi connectivity index (χ1v) is 8.22. The normalized spacial score (nSPS) is 10.8. The van der Waals surface area contributed by atoms with Gasteiger partial charge < -0.3 is 11.1 Å². The summed E-state index contributed by atoms with van der Waals surface area (Å²) in [5, 5.41) is 3.05. The van der Waals surface area contributed by atoms with Crippen LogP contribution in [0.2, 0.25) is 5.02 Å². The van der Waals surface area contributed by atoms with Crippen molar-refractivity contribution in [2.24, 2.45) is 5.73 Å². The summed E-state index contributed by atoms with van der Waals surface area (Å²) in [7, 11) is 0. The van der Waals surface area contributed by atoms with E-state index in [2.05, 4.69) is 14.7 Å². The number of halogens is 1. The number of hydrogen-bond donors (Lipinski definition) is 2. The second-order valence-electron chi connectivity index (χ2n) is 5.28. The molecule has 0 fully saturated rings. The lowest BCUT2D eigenvalue weighted by Gasteiger charge is -2.09. The van der Waals surface area contributed by atoms with Crippen molar-refractivity contribution in [1.82, 2.24) is 13.9 Å². The summed E-state index contributed by atoms with van der Waals surface area (Å²) in [6.45, 7) is 1.63. The molecule has 2 aromatic heterocycles. The number of nitrogens with one attached hydrogen (secondary N) is 1. The molecule has 1 aromatic carbocycles. The lowest BCUT2D eigenvalue weighted by Crippen LogP contribution is -2.27. The van der Waals surface area contributed by atoms with Gasteiger partial charge in [0.2, 0.25) is 5.91 Å². The molecule has 128 valence electrons. The third-order valence-electron chi connectivity index (χ3n) is 3.39. The Bertz CT molecular complexity index is 1060. The Morgan fingerprint density at radius 2 is 2.16 bits per heavy atom. The summed E-state index contributed by atoms with van der Waals surface area (Å²) in [6, 6.07) is 5.21. The molecule has 0 aliphatic carbocycles. The van der Waals surface area contributed by atoms with Crippen LogP contribution in [0.3, 0.4) is 0 Å². The van der Waals surface area contributed by atoms with Gasteiger partial charge in [-0.1, -0.05) is 17.7 Å². The smallest absolute Gasteiger partial charge is 0.273 e.